The zero-order valence-electron chi connectivity index (χ0n) is 12.8. The summed E-state index contributed by atoms with van der Waals surface area (Å²) in [5.41, 5.74) is 2.88. The third kappa shape index (κ3) is 2.80. The second kappa shape index (κ2) is 6.18. The molecule has 1 aromatic heterocycles. The van der Waals surface area contributed by atoms with Gasteiger partial charge in [0, 0.05) is 35.2 Å². The highest BCUT2D eigenvalue weighted by Gasteiger charge is 2.27. The molecule has 2 aliphatic heterocycles. The van der Waals surface area contributed by atoms with E-state index in [1.54, 1.807) is 4.90 Å². The van der Waals surface area contributed by atoms with Crippen molar-refractivity contribution >= 4 is 50.0 Å². The number of nitrogens with zero attached hydrogens (tertiary/aromatic N) is 3. The molecule has 1 fully saturated rings. The van der Waals surface area contributed by atoms with Gasteiger partial charge in [-0.3, -0.25) is 9.69 Å². The van der Waals surface area contributed by atoms with Crippen molar-refractivity contribution in [1.29, 1.82) is 0 Å². The molecule has 0 saturated carbocycles. The van der Waals surface area contributed by atoms with Crippen LogP contribution in [-0.2, 0) is 17.6 Å². The Morgan fingerprint density at radius 1 is 1.38 bits per heavy atom. The standard InChI is InChI=1S/C16H15BrN4O2S/c17-11-1-2-13-10(7-11)3-5-20(13)14(22)8-12-9-24-16(19-12)21-6-4-18-15(21)23/h1-2,7,9H,3-6,8H2,(H,18,23). The lowest BCUT2D eigenvalue weighted by Crippen LogP contribution is -2.30. The number of rotatable bonds is 3. The van der Waals surface area contributed by atoms with Crippen molar-refractivity contribution in [2.45, 2.75) is 12.8 Å². The molecular weight excluding hydrogens is 392 g/mol. The minimum Gasteiger partial charge on any atom is -0.336 e. The zero-order chi connectivity index (χ0) is 16.7. The van der Waals surface area contributed by atoms with Crippen molar-refractivity contribution in [3.63, 3.8) is 0 Å². The molecule has 124 valence electrons. The van der Waals surface area contributed by atoms with E-state index in [0.29, 0.717) is 30.5 Å². The number of amides is 3. The molecule has 0 atom stereocenters. The first-order valence-corrected chi connectivity index (χ1v) is 9.37. The van der Waals surface area contributed by atoms with Crippen molar-refractivity contribution in [2.75, 3.05) is 29.4 Å². The first-order valence-electron chi connectivity index (χ1n) is 7.70. The molecule has 8 heteroatoms. The van der Waals surface area contributed by atoms with Crippen LogP contribution >= 0.6 is 27.3 Å². The highest BCUT2D eigenvalue weighted by Crippen LogP contribution is 2.31. The zero-order valence-corrected chi connectivity index (χ0v) is 15.2. The van der Waals surface area contributed by atoms with E-state index in [0.717, 1.165) is 16.6 Å². The van der Waals surface area contributed by atoms with Gasteiger partial charge in [-0.15, -0.1) is 11.3 Å². The Bertz CT molecular complexity index is 822. The van der Waals surface area contributed by atoms with E-state index >= 15 is 0 Å². The normalized spacial score (nSPS) is 16.5. The van der Waals surface area contributed by atoms with Crippen LogP contribution in [0.5, 0.6) is 0 Å². The summed E-state index contributed by atoms with van der Waals surface area (Å²) >= 11 is 4.87. The van der Waals surface area contributed by atoms with Gasteiger partial charge in [-0.2, -0.15) is 0 Å². The number of anilines is 2. The van der Waals surface area contributed by atoms with Gasteiger partial charge < -0.3 is 10.2 Å². The molecule has 2 aliphatic rings. The van der Waals surface area contributed by atoms with Crippen molar-refractivity contribution < 1.29 is 9.59 Å². The number of nitrogens with one attached hydrogen (secondary N) is 1. The van der Waals surface area contributed by atoms with Crippen LogP contribution in [0.25, 0.3) is 0 Å². The summed E-state index contributed by atoms with van der Waals surface area (Å²) < 4.78 is 1.03. The Morgan fingerprint density at radius 3 is 3.04 bits per heavy atom. The summed E-state index contributed by atoms with van der Waals surface area (Å²) in [6.07, 6.45) is 1.12. The lowest BCUT2D eigenvalue weighted by Gasteiger charge is -2.16. The summed E-state index contributed by atoms with van der Waals surface area (Å²) in [6, 6.07) is 5.87. The van der Waals surface area contributed by atoms with Gasteiger partial charge in [-0.25, -0.2) is 9.78 Å². The topological polar surface area (TPSA) is 65.5 Å². The minimum atomic E-state index is -0.124. The molecule has 6 nitrogen and oxygen atoms in total. The molecule has 2 aromatic rings. The van der Waals surface area contributed by atoms with Crippen LogP contribution in [0.4, 0.5) is 15.6 Å². The highest BCUT2D eigenvalue weighted by molar-refractivity contribution is 9.10. The fraction of sp³-hybridized carbons (Fsp3) is 0.312. The summed E-state index contributed by atoms with van der Waals surface area (Å²) in [5.74, 6) is 0.0406. The van der Waals surface area contributed by atoms with Crippen molar-refractivity contribution in [2.24, 2.45) is 0 Å². The van der Waals surface area contributed by atoms with E-state index in [-0.39, 0.29) is 18.4 Å². The van der Waals surface area contributed by atoms with Gasteiger partial charge in [-0.1, -0.05) is 15.9 Å². The van der Waals surface area contributed by atoms with E-state index in [1.807, 2.05) is 22.4 Å². The Kier molecular flexibility index (Phi) is 4.01. The number of urea groups is 1. The molecule has 4 rings (SSSR count). The third-order valence-corrected chi connectivity index (χ3v) is 5.60. The van der Waals surface area contributed by atoms with Crippen LogP contribution in [0.15, 0.2) is 28.1 Å². The lowest BCUT2D eigenvalue weighted by atomic mass is 10.2. The molecule has 3 heterocycles. The Labute approximate surface area is 151 Å². The number of thiazole rings is 1. The van der Waals surface area contributed by atoms with Crippen LogP contribution in [0, 0.1) is 0 Å². The summed E-state index contributed by atoms with van der Waals surface area (Å²) in [6.45, 7) is 1.96. The van der Waals surface area contributed by atoms with Crippen LogP contribution in [0.1, 0.15) is 11.3 Å². The maximum Gasteiger partial charge on any atom is 0.323 e. The predicted molar refractivity (Wildman–Crippen MR) is 96.8 cm³/mol. The van der Waals surface area contributed by atoms with Gasteiger partial charge in [0.15, 0.2) is 5.13 Å². The van der Waals surface area contributed by atoms with Crippen molar-refractivity contribution in [3.8, 4) is 0 Å². The number of fused-ring (bicyclic) bond motifs is 1. The molecular formula is C16H15BrN4O2S. The number of benzene rings is 1. The smallest absolute Gasteiger partial charge is 0.323 e. The summed E-state index contributed by atoms with van der Waals surface area (Å²) in [5, 5.41) is 5.26. The first kappa shape index (κ1) is 15.6. The van der Waals surface area contributed by atoms with Gasteiger partial charge in [-0.05, 0) is 30.2 Å². The van der Waals surface area contributed by atoms with Crippen molar-refractivity contribution in [3.05, 3.63) is 39.3 Å². The second-order valence-corrected chi connectivity index (χ2v) is 7.50. The molecule has 1 aromatic carbocycles. The number of carbonyl (C=O) groups is 2. The molecule has 3 amide bonds. The second-order valence-electron chi connectivity index (χ2n) is 5.75. The Balaban J connectivity index is 1.48. The van der Waals surface area contributed by atoms with E-state index in [1.165, 1.54) is 16.9 Å². The van der Waals surface area contributed by atoms with E-state index in [9.17, 15) is 9.59 Å². The largest absolute Gasteiger partial charge is 0.336 e. The van der Waals surface area contributed by atoms with Gasteiger partial charge in [0.05, 0.1) is 12.1 Å². The molecule has 0 bridgehead atoms. The average molecular weight is 407 g/mol. The predicted octanol–water partition coefficient (Wildman–Crippen LogP) is 2.57. The summed E-state index contributed by atoms with van der Waals surface area (Å²) in [4.78, 5) is 32.2. The van der Waals surface area contributed by atoms with Gasteiger partial charge in [0.2, 0.25) is 5.91 Å². The lowest BCUT2D eigenvalue weighted by molar-refractivity contribution is -0.117. The molecule has 0 aliphatic carbocycles. The summed E-state index contributed by atoms with van der Waals surface area (Å²) in [7, 11) is 0. The van der Waals surface area contributed by atoms with Crippen LogP contribution < -0.4 is 15.1 Å². The number of aromatic nitrogens is 1. The SMILES string of the molecule is O=C1NCCN1c1nc(CC(=O)N2CCc3cc(Br)ccc32)cs1. The van der Waals surface area contributed by atoms with Crippen LogP contribution in [0.2, 0.25) is 0 Å². The van der Waals surface area contributed by atoms with E-state index < -0.39 is 0 Å². The van der Waals surface area contributed by atoms with Gasteiger partial charge >= 0.3 is 6.03 Å². The quantitative estimate of drug-likeness (QED) is 0.851. The maximum atomic E-state index is 12.6. The number of halogens is 1. The van der Waals surface area contributed by atoms with Gasteiger partial charge in [0.1, 0.15) is 0 Å². The van der Waals surface area contributed by atoms with E-state index in [2.05, 4.69) is 32.3 Å². The van der Waals surface area contributed by atoms with Crippen LogP contribution in [0.3, 0.4) is 0 Å². The third-order valence-electron chi connectivity index (χ3n) is 4.20. The molecule has 24 heavy (non-hydrogen) atoms. The Morgan fingerprint density at radius 2 is 2.25 bits per heavy atom. The molecule has 0 unspecified atom stereocenters. The number of carbonyl (C=O) groups excluding carboxylic acids is 2. The highest BCUT2D eigenvalue weighted by atomic mass is 79.9. The number of hydrogen-bond donors (Lipinski definition) is 1. The fourth-order valence-electron chi connectivity index (χ4n) is 3.04. The fourth-order valence-corrected chi connectivity index (χ4v) is 4.29. The molecule has 0 spiro atoms. The molecule has 0 radical (unpaired) electrons. The van der Waals surface area contributed by atoms with Gasteiger partial charge in [0.25, 0.3) is 0 Å². The monoisotopic (exact) mass is 406 g/mol. The minimum absolute atomic E-state index is 0.0406. The maximum absolute atomic E-state index is 12.6. The van der Waals surface area contributed by atoms with Crippen LogP contribution in [-0.4, -0.2) is 36.6 Å². The molecule has 1 saturated heterocycles. The first-order chi connectivity index (χ1) is 11.6. The number of hydrogen-bond acceptors (Lipinski definition) is 4. The molecule has 1 N–H and O–H groups in total. The van der Waals surface area contributed by atoms with Crippen molar-refractivity contribution in [1.82, 2.24) is 10.3 Å². The average Bonchev–Trinajstić information content (AvgIpc) is 3.26. The Hall–Kier alpha value is -1.93. The van der Waals surface area contributed by atoms with E-state index in [4.69, 9.17) is 0 Å².